The van der Waals surface area contributed by atoms with Gasteiger partial charge in [0.15, 0.2) is 15.6 Å². The Balaban J connectivity index is 1.67. The predicted molar refractivity (Wildman–Crippen MR) is 114 cm³/mol. The summed E-state index contributed by atoms with van der Waals surface area (Å²) in [6.07, 6.45) is 1.14. The molecule has 3 rings (SSSR count). The number of carbonyl (C=O) groups excluding carboxylic acids is 1. The van der Waals surface area contributed by atoms with Crippen LogP contribution in [0.4, 0.5) is 11.4 Å². The van der Waals surface area contributed by atoms with Crippen LogP contribution in [0, 0.1) is 0 Å². The van der Waals surface area contributed by atoms with E-state index >= 15 is 0 Å². The molecule has 0 unspecified atom stereocenters. The second-order valence-corrected chi connectivity index (χ2v) is 8.60. The first-order valence-electron chi connectivity index (χ1n) is 8.96. The molecule has 0 aliphatic rings. The number of rotatable bonds is 7. The molecule has 6 nitrogen and oxygen atoms in total. The number of likely N-dealkylation sites (N-methyl/N-ethyl adjacent to an activating group) is 1. The Morgan fingerprint density at radius 3 is 2.21 bits per heavy atom. The number of carbonyl (C=O) groups is 1. The van der Waals surface area contributed by atoms with Gasteiger partial charge in [0, 0.05) is 19.0 Å². The van der Waals surface area contributed by atoms with Crippen LogP contribution in [0.25, 0.3) is 0 Å². The van der Waals surface area contributed by atoms with Crippen LogP contribution >= 0.6 is 0 Å². The number of amides is 1. The molecule has 0 heterocycles. The van der Waals surface area contributed by atoms with Crippen molar-refractivity contribution in [2.45, 2.75) is 4.90 Å². The third-order valence-corrected chi connectivity index (χ3v) is 5.32. The van der Waals surface area contributed by atoms with Crippen LogP contribution in [0.15, 0.2) is 83.8 Å². The lowest BCUT2D eigenvalue weighted by Gasteiger charge is -2.22. The molecule has 0 aliphatic heterocycles. The molecule has 7 heteroatoms. The van der Waals surface area contributed by atoms with Crippen molar-refractivity contribution in [2.75, 3.05) is 30.1 Å². The van der Waals surface area contributed by atoms with E-state index in [9.17, 15) is 13.2 Å². The van der Waals surface area contributed by atoms with E-state index in [0.717, 1.165) is 11.9 Å². The molecule has 0 atom stereocenters. The summed E-state index contributed by atoms with van der Waals surface area (Å²) in [5.41, 5.74) is 1.31. The fourth-order valence-corrected chi connectivity index (χ4v) is 3.39. The number of nitrogens with one attached hydrogen (secondary N) is 1. The minimum atomic E-state index is -3.27. The van der Waals surface area contributed by atoms with E-state index in [-0.39, 0.29) is 17.3 Å². The second kappa shape index (κ2) is 8.79. The standard InChI is InChI=1S/C22H22N2O4S/c1-24(16-22(25)23-17-12-14-19(15-13-17)29(2,26)27)20-10-6-7-11-21(20)28-18-8-4-3-5-9-18/h3-15H,16H2,1-2H3,(H,23,25). The summed E-state index contributed by atoms with van der Waals surface area (Å²) in [7, 11) is -1.46. The van der Waals surface area contributed by atoms with Gasteiger partial charge in [0.25, 0.3) is 0 Å². The fraction of sp³-hybridized carbons (Fsp3) is 0.136. The van der Waals surface area contributed by atoms with Crippen molar-refractivity contribution < 1.29 is 17.9 Å². The molecule has 0 saturated carbocycles. The van der Waals surface area contributed by atoms with E-state index in [1.54, 1.807) is 24.1 Å². The zero-order chi connectivity index (χ0) is 20.9. The van der Waals surface area contributed by atoms with Gasteiger partial charge in [0.05, 0.1) is 17.1 Å². The first kappa shape index (κ1) is 20.4. The van der Waals surface area contributed by atoms with E-state index in [1.165, 1.54) is 12.1 Å². The molecule has 0 radical (unpaired) electrons. The molecule has 0 aromatic heterocycles. The van der Waals surface area contributed by atoms with Gasteiger partial charge < -0.3 is 15.0 Å². The van der Waals surface area contributed by atoms with Gasteiger partial charge in [-0.1, -0.05) is 30.3 Å². The van der Waals surface area contributed by atoms with Gasteiger partial charge in [-0.25, -0.2) is 8.42 Å². The van der Waals surface area contributed by atoms with Gasteiger partial charge in [-0.15, -0.1) is 0 Å². The lowest BCUT2D eigenvalue weighted by atomic mass is 10.2. The minimum Gasteiger partial charge on any atom is -0.455 e. The number of ether oxygens (including phenoxy) is 1. The maximum Gasteiger partial charge on any atom is 0.243 e. The van der Waals surface area contributed by atoms with E-state index < -0.39 is 9.84 Å². The Morgan fingerprint density at radius 2 is 1.55 bits per heavy atom. The average Bonchev–Trinajstić information content (AvgIpc) is 2.69. The van der Waals surface area contributed by atoms with Crippen molar-refractivity contribution in [3.63, 3.8) is 0 Å². The van der Waals surface area contributed by atoms with Crippen LogP contribution < -0.4 is 15.0 Å². The van der Waals surface area contributed by atoms with Crippen molar-refractivity contribution in [3.05, 3.63) is 78.9 Å². The number of anilines is 2. The first-order chi connectivity index (χ1) is 13.8. The number of para-hydroxylation sites is 3. The maximum atomic E-state index is 12.4. The molecule has 0 aliphatic carbocycles. The summed E-state index contributed by atoms with van der Waals surface area (Å²) >= 11 is 0. The average molecular weight is 410 g/mol. The van der Waals surface area contributed by atoms with Crippen LogP contribution in [-0.2, 0) is 14.6 Å². The Bertz CT molecular complexity index is 1080. The third-order valence-electron chi connectivity index (χ3n) is 4.19. The molecule has 1 N–H and O–H groups in total. The van der Waals surface area contributed by atoms with Crippen molar-refractivity contribution >= 4 is 27.1 Å². The third kappa shape index (κ3) is 5.58. The number of nitrogens with zero attached hydrogens (tertiary/aromatic N) is 1. The summed E-state index contributed by atoms with van der Waals surface area (Å²) in [4.78, 5) is 14.4. The normalized spacial score (nSPS) is 11.0. The maximum absolute atomic E-state index is 12.4. The van der Waals surface area contributed by atoms with E-state index in [1.807, 2.05) is 54.6 Å². The lowest BCUT2D eigenvalue weighted by molar-refractivity contribution is -0.114. The topological polar surface area (TPSA) is 75.7 Å². The zero-order valence-electron chi connectivity index (χ0n) is 16.2. The predicted octanol–water partition coefficient (Wildman–Crippen LogP) is 3.96. The number of hydrogen-bond acceptors (Lipinski definition) is 5. The summed E-state index contributed by atoms with van der Waals surface area (Å²) in [5, 5.41) is 2.77. The summed E-state index contributed by atoms with van der Waals surface area (Å²) in [6, 6.07) is 23.0. The lowest BCUT2D eigenvalue weighted by Crippen LogP contribution is -2.30. The van der Waals surface area contributed by atoms with Crippen LogP contribution in [0.5, 0.6) is 11.5 Å². The van der Waals surface area contributed by atoms with Crippen molar-refractivity contribution in [3.8, 4) is 11.5 Å². The Morgan fingerprint density at radius 1 is 0.931 bits per heavy atom. The number of hydrogen-bond donors (Lipinski definition) is 1. The Labute approximate surface area is 170 Å². The number of benzene rings is 3. The van der Waals surface area contributed by atoms with Crippen LogP contribution in [0.3, 0.4) is 0 Å². The Kier molecular flexibility index (Phi) is 6.19. The van der Waals surface area contributed by atoms with E-state index in [4.69, 9.17) is 4.74 Å². The molecule has 0 saturated heterocycles. The monoisotopic (exact) mass is 410 g/mol. The van der Waals surface area contributed by atoms with Crippen molar-refractivity contribution in [2.24, 2.45) is 0 Å². The summed E-state index contributed by atoms with van der Waals surface area (Å²) in [5.74, 6) is 1.13. The highest BCUT2D eigenvalue weighted by molar-refractivity contribution is 7.90. The molecular weight excluding hydrogens is 388 g/mol. The largest absolute Gasteiger partial charge is 0.455 e. The van der Waals surface area contributed by atoms with Crippen LogP contribution in [0.1, 0.15) is 0 Å². The highest BCUT2D eigenvalue weighted by Crippen LogP contribution is 2.31. The molecule has 0 bridgehead atoms. The molecule has 29 heavy (non-hydrogen) atoms. The van der Waals surface area contributed by atoms with Gasteiger partial charge >= 0.3 is 0 Å². The van der Waals surface area contributed by atoms with Gasteiger partial charge in [0.1, 0.15) is 5.75 Å². The van der Waals surface area contributed by atoms with E-state index in [2.05, 4.69) is 5.32 Å². The first-order valence-corrected chi connectivity index (χ1v) is 10.8. The van der Waals surface area contributed by atoms with Crippen LogP contribution in [-0.4, -0.2) is 34.2 Å². The molecule has 0 fully saturated rings. The number of sulfone groups is 1. The molecule has 3 aromatic rings. The molecule has 3 aromatic carbocycles. The van der Waals surface area contributed by atoms with Gasteiger partial charge in [-0.2, -0.15) is 0 Å². The van der Waals surface area contributed by atoms with Crippen molar-refractivity contribution in [1.82, 2.24) is 0 Å². The Hall–Kier alpha value is -3.32. The van der Waals surface area contributed by atoms with Crippen LogP contribution in [0.2, 0.25) is 0 Å². The second-order valence-electron chi connectivity index (χ2n) is 6.58. The highest BCUT2D eigenvalue weighted by Gasteiger charge is 2.13. The summed E-state index contributed by atoms with van der Waals surface area (Å²) in [6.45, 7) is 0.100. The van der Waals surface area contributed by atoms with E-state index in [0.29, 0.717) is 17.2 Å². The molecule has 150 valence electrons. The smallest absolute Gasteiger partial charge is 0.243 e. The molecule has 0 spiro atoms. The quantitative estimate of drug-likeness (QED) is 0.638. The van der Waals surface area contributed by atoms with Crippen molar-refractivity contribution in [1.29, 1.82) is 0 Å². The van der Waals surface area contributed by atoms with Gasteiger partial charge in [0.2, 0.25) is 5.91 Å². The SMILES string of the molecule is CN(CC(=O)Nc1ccc(S(C)(=O)=O)cc1)c1ccccc1Oc1ccccc1. The molecular formula is C22H22N2O4S. The fourth-order valence-electron chi connectivity index (χ4n) is 2.76. The minimum absolute atomic E-state index is 0.100. The van der Waals surface area contributed by atoms with Gasteiger partial charge in [-0.3, -0.25) is 4.79 Å². The zero-order valence-corrected chi connectivity index (χ0v) is 17.0. The summed E-state index contributed by atoms with van der Waals surface area (Å²) < 4.78 is 29.0. The highest BCUT2D eigenvalue weighted by atomic mass is 32.2. The molecule has 1 amide bonds. The van der Waals surface area contributed by atoms with Gasteiger partial charge in [-0.05, 0) is 48.5 Å².